The van der Waals surface area contributed by atoms with Crippen molar-refractivity contribution in [1.29, 1.82) is 0 Å². The Morgan fingerprint density at radius 1 is 0.780 bits per heavy atom. The molecule has 0 aliphatic heterocycles. The number of anilines is 2. The number of carboxylic acids is 1. The zero-order valence-electron chi connectivity index (χ0n) is 21.5. The molecule has 4 aromatic carbocycles. The van der Waals surface area contributed by atoms with Crippen LogP contribution in [0.15, 0.2) is 114 Å². The second-order valence-electron chi connectivity index (χ2n) is 8.61. The maximum Gasteiger partial charge on any atom is 0.337 e. The Bertz CT molecular complexity index is 1610. The number of aromatic carboxylic acids is 1. The molecule has 0 aromatic heterocycles. The highest BCUT2D eigenvalue weighted by Gasteiger charge is 2.16. The lowest BCUT2D eigenvalue weighted by Crippen LogP contribution is -2.30. The van der Waals surface area contributed by atoms with Crippen molar-refractivity contribution in [2.75, 3.05) is 16.4 Å². The second-order valence-corrected chi connectivity index (χ2v) is 10.1. The summed E-state index contributed by atoms with van der Waals surface area (Å²) in [7, 11) is 0. The number of hydrogen-bond donors (Lipinski definition) is 4. The third-order valence-electron chi connectivity index (χ3n) is 5.58. The maximum atomic E-state index is 13.2. The molecule has 3 amide bonds. The molecule has 0 aliphatic carbocycles. The van der Waals surface area contributed by atoms with Crippen LogP contribution in [0.5, 0.6) is 0 Å². The van der Waals surface area contributed by atoms with E-state index >= 15 is 0 Å². The van der Waals surface area contributed by atoms with Crippen LogP contribution in [0.1, 0.15) is 26.3 Å². The van der Waals surface area contributed by atoms with Crippen molar-refractivity contribution >= 4 is 64.5 Å². The molecule has 0 radical (unpaired) electrons. The Kier molecular flexibility index (Phi) is 9.93. The number of thioether (sulfide) groups is 1. The van der Waals surface area contributed by atoms with Crippen molar-refractivity contribution in [1.82, 2.24) is 5.32 Å². The van der Waals surface area contributed by atoms with E-state index in [1.165, 1.54) is 30.0 Å². The average molecular weight is 586 g/mol. The van der Waals surface area contributed by atoms with Gasteiger partial charge in [-0.05, 0) is 60.2 Å². The molecule has 0 fully saturated rings. The molecule has 0 saturated carbocycles. The van der Waals surface area contributed by atoms with Crippen LogP contribution in [0.25, 0.3) is 6.08 Å². The van der Waals surface area contributed by atoms with Crippen LogP contribution in [0.2, 0.25) is 5.02 Å². The van der Waals surface area contributed by atoms with Crippen molar-refractivity contribution in [2.45, 2.75) is 4.90 Å². The molecular formula is C31H24ClN3O5S. The van der Waals surface area contributed by atoms with E-state index in [9.17, 15) is 24.3 Å². The minimum atomic E-state index is -1.19. The zero-order valence-corrected chi connectivity index (χ0v) is 23.0. The molecule has 0 aliphatic rings. The van der Waals surface area contributed by atoms with E-state index in [-0.39, 0.29) is 27.9 Å². The minimum Gasteiger partial charge on any atom is -0.478 e. The van der Waals surface area contributed by atoms with Gasteiger partial charge in [0.25, 0.3) is 11.8 Å². The highest BCUT2D eigenvalue weighted by molar-refractivity contribution is 8.00. The zero-order chi connectivity index (χ0) is 29.2. The average Bonchev–Trinajstić information content (AvgIpc) is 2.97. The van der Waals surface area contributed by atoms with Crippen LogP contribution in [0, 0.1) is 0 Å². The van der Waals surface area contributed by atoms with E-state index < -0.39 is 17.8 Å². The predicted molar refractivity (Wildman–Crippen MR) is 161 cm³/mol. The summed E-state index contributed by atoms with van der Waals surface area (Å²) in [6.45, 7) is 0. The highest BCUT2D eigenvalue weighted by atomic mass is 35.5. The first-order valence-corrected chi connectivity index (χ1v) is 13.6. The number of amides is 3. The molecule has 10 heteroatoms. The Morgan fingerprint density at radius 3 is 2.17 bits per heavy atom. The number of hydrogen-bond acceptors (Lipinski definition) is 5. The molecule has 0 unspecified atom stereocenters. The van der Waals surface area contributed by atoms with E-state index in [4.69, 9.17) is 11.6 Å². The van der Waals surface area contributed by atoms with Crippen molar-refractivity contribution in [3.8, 4) is 0 Å². The topological polar surface area (TPSA) is 125 Å². The van der Waals surface area contributed by atoms with Gasteiger partial charge < -0.3 is 21.1 Å². The third-order valence-corrected chi connectivity index (χ3v) is 6.91. The summed E-state index contributed by atoms with van der Waals surface area (Å²) >= 11 is 7.11. The maximum absolute atomic E-state index is 13.2. The number of carbonyl (C=O) groups excluding carboxylic acids is 3. The summed E-state index contributed by atoms with van der Waals surface area (Å²) in [5.41, 5.74) is 1.88. The van der Waals surface area contributed by atoms with Crippen molar-refractivity contribution in [3.05, 3.63) is 131 Å². The second kappa shape index (κ2) is 14.0. The van der Waals surface area contributed by atoms with Gasteiger partial charge in [0.1, 0.15) is 5.70 Å². The number of benzene rings is 4. The van der Waals surface area contributed by atoms with Crippen LogP contribution in [-0.2, 0) is 9.59 Å². The minimum absolute atomic E-state index is 0.0364. The molecule has 41 heavy (non-hydrogen) atoms. The van der Waals surface area contributed by atoms with Crippen molar-refractivity contribution in [3.63, 3.8) is 0 Å². The van der Waals surface area contributed by atoms with Gasteiger partial charge in [-0.15, -0.1) is 11.8 Å². The lowest BCUT2D eigenvalue weighted by atomic mass is 10.1. The molecule has 0 atom stereocenters. The number of carbonyl (C=O) groups is 4. The largest absolute Gasteiger partial charge is 0.478 e. The SMILES string of the molecule is O=C(CSc1cccc(NC(=O)/C(=C/c2ccccc2)NC(=O)c2ccccc2)c1)Nc1ccc(Cl)c(C(=O)O)c1. The number of carboxylic acid groups (broad SMARTS) is 1. The Morgan fingerprint density at radius 2 is 1.46 bits per heavy atom. The summed E-state index contributed by atoms with van der Waals surface area (Å²) in [4.78, 5) is 50.5. The van der Waals surface area contributed by atoms with Gasteiger partial charge in [-0.1, -0.05) is 66.2 Å². The van der Waals surface area contributed by atoms with Crippen molar-refractivity contribution < 1.29 is 24.3 Å². The van der Waals surface area contributed by atoms with Crippen LogP contribution >= 0.6 is 23.4 Å². The van der Waals surface area contributed by atoms with Gasteiger partial charge in [-0.2, -0.15) is 0 Å². The van der Waals surface area contributed by atoms with Crippen LogP contribution in [0.4, 0.5) is 11.4 Å². The van der Waals surface area contributed by atoms with E-state index in [1.807, 2.05) is 30.3 Å². The van der Waals surface area contributed by atoms with Gasteiger partial charge >= 0.3 is 5.97 Å². The fourth-order valence-electron chi connectivity index (χ4n) is 3.63. The number of halogens is 1. The molecular weight excluding hydrogens is 562 g/mol. The van der Waals surface area contributed by atoms with Crippen LogP contribution in [-0.4, -0.2) is 34.6 Å². The van der Waals surface area contributed by atoms with Crippen LogP contribution in [0.3, 0.4) is 0 Å². The first-order valence-electron chi connectivity index (χ1n) is 12.3. The summed E-state index contributed by atoms with van der Waals surface area (Å²) in [5, 5.41) is 17.4. The van der Waals surface area contributed by atoms with Gasteiger partial charge in [0.2, 0.25) is 5.91 Å². The lowest BCUT2D eigenvalue weighted by molar-refractivity contribution is -0.114. The molecule has 8 nitrogen and oxygen atoms in total. The van der Waals surface area contributed by atoms with Crippen molar-refractivity contribution in [2.24, 2.45) is 0 Å². The quantitative estimate of drug-likeness (QED) is 0.130. The number of nitrogens with one attached hydrogen (secondary N) is 3. The molecule has 4 N–H and O–H groups in total. The number of rotatable bonds is 10. The predicted octanol–water partition coefficient (Wildman–Crippen LogP) is 6.18. The lowest BCUT2D eigenvalue weighted by Gasteiger charge is -2.12. The van der Waals surface area contributed by atoms with E-state index in [1.54, 1.807) is 60.7 Å². The molecule has 0 heterocycles. The van der Waals surface area contributed by atoms with Gasteiger partial charge in [0.15, 0.2) is 0 Å². The molecule has 0 spiro atoms. The Hall–Kier alpha value is -4.86. The highest BCUT2D eigenvalue weighted by Crippen LogP contribution is 2.24. The summed E-state index contributed by atoms with van der Waals surface area (Å²) < 4.78 is 0. The summed E-state index contributed by atoms with van der Waals surface area (Å²) in [6, 6.07) is 28.9. The van der Waals surface area contributed by atoms with Crippen LogP contribution < -0.4 is 16.0 Å². The smallest absolute Gasteiger partial charge is 0.337 e. The summed E-state index contributed by atoms with van der Waals surface area (Å²) in [6.07, 6.45) is 1.59. The van der Waals surface area contributed by atoms with E-state index in [2.05, 4.69) is 16.0 Å². The van der Waals surface area contributed by atoms with E-state index in [0.717, 1.165) is 5.56 Å². The molecule has 206 valence electrons. The molecule has 0 saturated heterocycles. The fourth-order valence-corrected chi connectivity index (χ4v) is 4.59. The van der Waals surface area contributed by atoms with Gasteiger partial charge in [0.05, 0.1) is 16.3 Å². The molecule has 4 aromatic rings. The fraction of sp³-hybridized carbons (Fsp3) is 0.0323. The third kappa shape index (κ3) is 8.56. The van der Waals surface area contributed by atoms with Gasteiger partial charge in [0, 0.05) is 21.8 Å². The van der Waals surface area contributed by atoms with E-state index in [0.29, 0.717) is 21.8 Å². The monoisotopic (exact) mass is 585 g/mol. The Labute approximate surface area is 245 Å². The first-order chi connectivity index (χ1) is 19.8. The Balaban J connectivity index is 1.42. The van der Waals surface area contributed by atoms with Gasteiger partial charge in [-0.25, -0.2) is 4.79 Å². The summed E-state index contributed by atoms with van der Waals surface area (Å²) in [5.74, 6) is -2.45. The normalized spacial score (nSPS) is 10.9. The first kappa shape index (κ1) is 29.1. The molecule has 4 rings (SSSR count). The van der Waals surface area contributed by atoms with Gasteiger partial charge in [-0.3, -0.25) is 14.4 Å². The molecule has 0 bridgehead atoms. The standard InChI is InChI=1S/C31H24ClN3O5S/c32-26-15-14-23(18-25(26)31(39)40)33-28(36)19-41-24-13-7-12-22(17-24)34-30(38)27(16-20-8-3-1-4-9-20)35-29(37)21-10-5-2-6-11-21/h1-18H,19H2,(H,33,36)(H,34,38)(H,35,37)(H,39,40)/b27-16-.